The normalized spacial score (nSPS) is 10.2. The molecular weight excluding hydrogens is 322 g/mol. The van der Waals surface area contributed by atoms with Crippen LogP contribution in [0.2, 0.25) is 0 Å². The standard InChI is InChI=1S/C13H9N5O6/c1-16(5-4-14)13(20)8-3-2-7-9(17(21)22)6-10(18(23)24)12(19)11(7)15-8/h2-3,6,19H,5H2,1H3. The lowest BCUT2D eigenvalue weighted by atomic mass is 10.1. The van der Waals surface area contributed by atoms with E-state index in [0.29, 0.717) is 6.07 Å². The summed E-state index contributed by atoms with van der Waals surface area (Å²) >= 11 is 0. The lowest BCUT2D eigenvalue weighted by molar-refractivity contribution is -0.393. The van der Waals surface area contributed by atoms with Crippen LogP contribution < -0.4 is 0 Å². The summed E-state index contributed by atoms with van der Waals surface area (Å²) < 4.78 is 0. The molecule has 1 N–H and O–H groups in total. The molecule has 1 aromatic carbocycles. The van der Waals surface area contributed by atoms with E-state index in [0.717, 1.165) is 11.0 Å². The quantitative estimate of drug-likeness (QED) is 0.498. The fraction of sp³-hybridized carbons (Fsp3) is 0.154. The molecule has 11 heteroatoms. The molecule has 1 heterocycles. The molecule has 0 unspecified atom stereocenters. The summed E-state index contributed by atoms with van der Waals surface area (Å²) in [5.41, 5.74) is -2.17. The maximum atomic E-state index is 12.1. The number of hydrogen-bond acceptors (Lipinski definition) is 8. The average molecular weight is 331 g/mol. The van der Waals surface area contributed by atoms with Crippen molar-refractivity contribution in [2.24, 2.45) is 0 Å². The molecule has 122 valence electrons. The van der Waals surface area contributed by atoms with Gasteiger partial charge >= 0.3 is 5.69 Å². The number of amides is 1. The molecule has 0 saturated carbocycles. The number of aromatic hydroxyl groups is 1. The summed E-state index contributed by atoms with van der Waals surface area (Å²) in [5, 5.41) is 40.4. The number of non-ortho nitro benzene ring substituents is 1. The zero-order chi connectivity index (χ0) is 18.0. The predicted molar refractivity (Wildman–Crippen MR) is 79.3 cm³/mol. The Kier molecular flexibility index (Phi) is 4.23. The van der Waals surface area contributed by atoms with Crippen LogP contribution in [0.15, 0.2) is 18.2 Å². The van der Waals surface area contributed by atoms with Gasteiger partial charge in [0.2, 0.25) is 5.75 Å². The minimum Gasteiger partial charge on any atom is -0.501 e. The van der Waals surface area contributed by atoms with E-state index in [4.69, 9.17) is 5.26 Å². The Morgan fingerprint density at radius 1 is 1.33 bits per heavy atom. The van der Waals surface area contributed by atoms with Gasteiger partial charge in [-0.25, -0.2) is 4.98 Å². The number of carbonyl (C=O) groups is 1. The van der Waals surface area contributed by atoms with E-state index in [1.54, 1.807) is 6.07 Å². The van der Waals surface area contributed by atoms with E-state index in [-0.39, 0.29) is 17.6 Å². The highest BCUT2D eigenvalue weighted by Crippen LogP contribution is 2.39. The SMILES string of the molecule is CN(CC#N)C(=O)c1ccc2c([N+](=O)[O-])cc([N+](=O)[O-])c(O)c2n1. The van der Waals surface area contributed by atoms with Crippen LogP contribution in [-0.2, 0) is 0 Å². The second kappa shape index (κ2) is 6.13. The minimum atomic E-state index is -0.986. The first kappa shape index (κ1) is 16.6. The molecule has 0 saturated heterocycles. The van der Waals surface area contributed by atoms with Crippen LogP contribution in [0.4, 0.5) is 11.4 Å². The Balaban J connectivity index is 2.74. The van der Waals surface area contributed by atoms with Gasteiger partial charge in [0, 0.05) is 7.05 Å². The molecule has 0 spiro atoms. The van der Waals surface area contributed by atoms with Gasteiger partial charge in [-0.2, -0.15) is 5.26 Å². The summed E-state index contributed by atoms with van der Waals surface area (Å²) in [5.74, 6) is -1.55. The minimum absolute atomic E-state index is 0.150. The van der Waals surface area contributed by atoms with Crippen LogP contribution in [0.1, 0.15) is 10.5 Å². The van der Waals surface area contributed by atoms with Crippen LogP contribution in [0, 0.1) is 31.6 Å². The van der Waals surface area contributed by atoms with Gasteiger partial charge in [-0.3, -0.25) is 25.0 Å². The van der Waals surface area contributed by atoms with Crippen molar-refractivity contribution < 1.29 is 19.7 Å². The molecule has 1 amide bonds. The third-order valence-corrected chi connectivity index (χ3v) is 3.18. The zero-order valence-corrected chi connectivity index (χ0v) is 12.2. The third kappa shape index (κ3) is 2.75. The lowest BCUT2D eigenvalue weighted by Crippen LogP contribution is -2.27. The highest BCUT2D eigenvalue weighted by molar-refractivity contribution is 6.00. The summed E-state index contributed by atoms with van der Waals surface area (Å²) in [6, 6.07) is 4.73. The van der Waals surface area contributed by atoms with Gasteiger partial charge in [-0.15, -0.1) is 0 Å². The molecule has 0 fully saturated rings. The molecule has 2 rings (SSSR count). The second-order valence-corrected chi connectivity index (χ2v) is 4.69. The number of nitrogens with zero attached hydrogens (tertiary/aromatic N) is 5. The van der Waals surface area contributed by atoms with Crippen LogP contribution in [0.5, 0.6) is 5.75 Å². The van der Waals surface area contributed by atoms with Crippen LogP contribution in [0.25, 0.3) is 10.9 Å². The second-order valence-electron chi connectivity index (χ2n) is 4.69. The van der Waals surface area contributed by atoms with Gasteiger partial charge < -0.3 is 10.0 Å². The monoisotopic (exact) mass is 331 g/mol. The molecule has 2 aromatic rings. The fourth-order valence-corrected chi connectivity index (χ4v) is 2.03. The number of nitriles is 1. The Morgan fingerprint density at radius 3 is 2.50 bits per heavy atom. The van der Waals surface area contributed by atoms with Crippen molar-refractivity contribution in [3.63, 3.8) is 0 Å². The summed E-state index contributed by atoms with van der Waals surface area (Å²) in [6.07, 6.45) is 0. The molecule has 0 aliphatic carbocycles. The van der Waals surface area contributed by atoms with Crippen molar-refractivity contribution >= 4 is 28.2 Å². The first-order valence-electron chi connectivity index (χ1n) is 6.35. The smallest absolute Gasteiger partial charge is 0.319 e. The molecular formula is C13H9N5O6. The van der Waals surface area contributed by atoms with Gasteiger partial charge in [-0.1, -0.05) is 0 Å². The number of nitro benzene ring substituents is 2. The number of carbonyl (C=O) groups excluding carboxylic acids is 1. The molecule has 0 aliphatic rings. The van der Waals surface area contributed by atoms with Crippen LogP contribution in [0.3, 0.4) is 0 Å². The number of aromatic nitrogens is 1. The van der Waals surface area contributed by atoms with E-state index in [2.05, 4.69) is 4.98 Å². The van der Waals surface area contributed by atoms with Crippen LogP contribution in [-0.4, -0.2) is 44.3 Å². The van der Waals surface area contributed by atoms with Crippen molar-refractivity contribution in [1.29, 1.82) is 5.26 Å². The maximum absolute atomic E-state index is 12.1. The molecule has 0 radical (unpaired) electrons. The van der Waals surface area contributed by atoms with Crippen molar-refractivity contribution in [3.8, 4) is 11.8 Å². The summed E-state index contributed by atoms with van der Waals surface area (Å²) in [4.78, 5) is 37.1. The van der Waals surface area contributed by atoms with Crippen molar-refractivity contribution in [2.75, 3.05) is 13.6 Å². The van der Waals surface area contributed by atoms with Gasteiger partial charge in [0.05, 0.1) is 27.4 Å². The first-order chi connectivity index (χ1) is 11.3. The third-order valence-electron chi connectivity index (χ3n) is 3.18. The molecule has 24 heavy (non-hydrogen) atoms. The number of fused-ring (bicyclic) bond motifs is 1. The number of benzene rings is 1. The van der Waals surface area contributed by atoms with Gasteiger partial charge in [-0.05, 0) is 12.1 Å². The summed E-state index contributed by atoms with van der Waals surface area (Å²) in [6.45, 7) is -0.223. The Labute approximate surface area is 133 Å². The van der Waals surface area contributed by atoms with Gasteiger partial charge in [0.15, 0.2) is 0 Å². The van der Waals surface area contributed by atoms with E-state index in [1.807, 2.05) is 0 Å². The number of pyridine rings is 1. The number of phenols is 1. The number of rotatable bonds is 4. The Hall–Kier alpha value is -3.81. The van der Waals surface area contributed by atoms with E-state index >= 15 is 0 Å². The van der Waals surface area contributed by atoms with Crippen molar-refractivity contribution in [2.45, 2.75) is 0 Å². The molecule has 1 aromatic heterocycles. The average Bonchev–Trinajstić information content (AvgIpc) is 2.53. The fourth-order valence-electron chi connectivity index (χ4n) is 2.03. The Morgan fingerprint density at radius 2 is 1.96 bits per heavy atom. The van der Waals surface area contributed by atoms with Gasteiger partial charge in [0.25, 0.3) is 11.6 Å². The first-order valence-corrected chi connectivity index (χ1v) is 6.35. The largest absolute Gasteiger partial charge is 0.501 e. The molecule has 0 bridgehead atoms. The maximum Gasteiger partial charge on any atom is 0.319 e. The van der Waals surface area contributed by atoms with E-state index < -0.39 is 38.4 Å². The Bertz CT molecular complexity index is 919. The summed E-state index contributed by atoms with van der Waals surface area (Å²) in [7, 11) is 1.34. The van der Waals surface area contributed by atoms with E-state index in [9.17, 15) is 30.1 Å². The lowest BCUT2D eigenvalue weighted by Gasteiger charge is -2.12. The van der Waals surface area contributed by atoms with Crippen LogP contribution >= 0.6 is 0 Å². The van der Waals surface area contributed by atoms with E-state index in [1.165, 1.54) is 13.1 Å². The molecule has 11 nitrogen and oxygen atoms in total. The number of hydrogen-bond donors (Lipinski definition) is 1. The predicted octanol–water partition coefficient (Wildman–Crippen LogP) is 1.35. The highest BCUT2D eigenvalue weighted by atomic mass is 16.6. The highest BCUT2D eigenvalue weighted by Gasteiger charge is 2.27. The zero-order valence-electron chi connectivity index (χ0n) is 12.2. The van der Waals surface area contributed by atoms with Gasteiger partial charge in [0.1, 0.15) is 17.8 Å². The van der Waals surface area contributed by atoms with Crippen molar-refractivity contribution in [3.05, 3.63) is 44.1 Å². The van der Waals surface area contributed by atoms with Crippen molar-refractivity contribution in [1.82, 2.24) is 9.88 Å². The number of nitro groups is 2. The molecule has 0 atom stereocenters. The molecule has 0 aliphatic heterocycles. The topological polar surface area (TPSA) is 164 Å². The number of phenolic OH excluding ortho intramolecular Hbond substituents is 1.